The van der Waals surface area contributed by atoms with E-state index in [0.29, 0.717) is 26.1 Å². The number of aromatic nitrogens is 2. The molecule has 4 aromatic rings. The molecule has 1 aromatic heterocycles. The van der Waals surface area contributed by atoms with E-state index in [2.05, 4.69) is 74.7 Å². The summed E-state index contributed by atoms with van der Waals surface area (Å²) in [5.74, 6) is 2.11. The van der Waals surface area contributed by atoms with Crippen molar-refractivity contribution in [3.63, 3.8) is 0 Å². The molecule has 1 atom stereocenters. The van der Waals surface area contributed by atoms with Crippen LogP contribution in [0.1, 0.15) is 40.4 Å². The summed E-state index contributed by atoms with van der Waals surface area (Å²) in [6.45, 7) is 10.1. The Morgan fingerprint density at radius 2 is 1.71 bits per heavy atom. The van der Waals surface area contributed by atoms with Crippen molar-refractivity contribution in [2.24, 2.45) is 0 Å². The van der Waals surface area contributed by atoms with Gasteiger partial charge in [-0.1, -0.05) is 42.5 Å². The molecule has 0 bridgehead atoms. The average molecular weight is 454 g/mol. The molecule has 5 heteroatoms. The average Bonchev–Trinajstić information content (AvgIpc) is 3.38. The van der Waals surface area contributed by atoms with Crippen LogP contribution in [-0.4, -0.2) is 28.6 Å². The second-order valence-electron chi connectivity index (χ2n) is 9.38. The number of hydrogen-bond donors (Lipinski definition) is 0. The van der Waals surface area contributed by atoms with Gasteiger partial charge in [-0.25, -0.2) is 4.98 Å². The maximum Gasteiger partial charge on any atom is 0.227 e. The van der Waals surface area contributed by atoms with Gasteiger partial charge in [-0.15, -0.1) is 0 Å². The van der Waals surface area contributed by atoms with E-state index < -0.39 is 0 Å². The number of para-hydroxylation sites is 3. The van der Waals surface area contributed by atoms with Crippen LogP contribution in [0.25, 0.3) is 11.0 Å². The lowest BCUT2D eigenvalue weighted by molar-refractivity contribution is -0.117. The molecule has 1 aliphatic rings. The summed E-state index contributed by atoms with van der Waals surface area (Å²) in [4.78, 5) is 20.0. The van der Waals surface area contributed by atoms with E-state index in [4.69, 9.17) is 9.72 Å². The highest BCUT2D eigenvalue weighted by Crippen LogP contribution is 2.35. The van der Waals surface area contributed by atoms with Gasteiger partial charge in [0, 0.05) is 24.6 Å². The first-order chi connectivity index (χ1) is 16.4. The predicted octanol–water partition coefficient (Wildman–Crippen LogP) is 5.87. The highest BCUT2D eigenvalue weighted by atomic mass is 16.5. The van der Waals surface area contributed by atoms with Gasteiger partial charge in [-0.05, 0) is 68.1 Å². The monoisotopic (exact) mass is 453 g/mol. The summed E-state index contributed by atoms with van der Waals surface area (Å²) < 4.78 is 8.47. The third kappa shape index (κ3) is 4.07. The van der Waals surface area contributed by atoms with Gasteiger partial charge in [0.15, 0.2) is 0 Å². The SMILES string of the molecule is Cc1ccc(C)c(N2CC(c3nc4ccccc4n3CCOc3c(C)cccc3C)CC2=O)c1. The Morgan fingerprint density at radius 3 is 2.50 bits per heavy atom. The molecule has 0 spiro atoms. The van der Waals surface area contributed by atoms with Crippen LogP contribution in [0.5, 0.6) is 5.75 Å². The number of fused-ring (bicyclic) bond motifs is 1. The Labute approximate surface area is 201 Å². The zero-order chi connectivity index (χ0) is 23.8. The molecule has 1 unspecified atom stereocenters. The molecule has 0 radical (unpaired) electrons. The van der Waals surface area contributed by atoms with Crippen molar-refractivity contribution in [2.45, 2.75) is 46.6 Å². The molecule has 1 aliphatic heterocycles. The molecule has 2 heterocycles. The zero-order valence-electron chi connectivity index (χ0n) is 20.3. The second kappa shape index (κ2) is 8.98. The molecular formula is C29H31N3O2. The number of carbonyl (C=O) groups excluding carboxylic acids is 1. The third-order valence-electron chi connectivity index (χ3n) is 6.80. The summed E-state index contributed by atoms with van der Waals surface area (Å²) in [7, 11) is 0. The van der Waals surface area contributed by atoms with E-state index in [0.717, 1.165) is 50.5 Å². The summed E-state index contributed by atoms with van der Waals surface area (Å²) in [5, 5.41) is 0. The highest BCUT2D eigenvalue weighted by molar-refractivity contribution is 5.97. The molecule has 1 saturated heterocycles. The fourth-order valence-corrected chi connectivity index (χ4v) is 5.03. The minimum atomic E-state index is 0.0417. The second-order valence-corrected chi connectivity index (χ2v) is 9.38. The maximum atomic E-state index is 13.1. The minimum Gasteiger partial charge on any atom is -0.491 e. The van der Waals surface area contributed by atoms with Crippen molar-refractivity contribution in [1.82, 2.24) is 9.55 Å². The molecule has 34 heavy (non-hydrogen) atoms. The van der Waals surface area contributed by atoms with Crippen LogP contribution in [0.4, 0.5) is 5.69 Å². The van der Waals surface area contributed by atoms with Gasteiger partial charge < -0.3 is 14.2 Å². The lowest BCUT2D eigenvalue weighted by Gasteiger charge is -2.20. The van der Waals surface area contributed by atoms with E-state index >= 15 is 0 Å². The van der Waals surface area contributed by atoms with Crippen molar-refractivity contribution >= 4 is 22.6 Å². The summed E-state index contributed by atoms with van der Waals surface area (Å²) >= 11 is 0. The topological polar surface area (TPSA) is 47.4 Å². The lowest BCUT2D eigenvalue weighted by atomic mass is 10.1. The Hall–Kier alpha value is -3.60. The number of hydrogen-bond acceptors (Lipinski definition) is 3. The molecule has 5 rings (SSSR count). The minimum absolute atomic E-state index is 0.0417. The summed E-state index contributed by atoms with van der Waals surface area (Å²) in [6.07, 6.45) is 0.467. The summed E-state index contributed by atoms with van der Waals surface area (Å²) in [6, 6.07) is 20.7. The fraction of sp³-hybridized carbons (Fsp3) is 0.310. The first kappa shape index (κ1) is 22.2. The number of amides is 1. The van der Waals surface area contributed by atoms with Gasteiger partial charge >= 0.3 is 0 Å². The van der Waals surface area contributed by atoms with E-state index in [1.165, 1.54) is 0 Å². The van der Waals surface area contributed by atoms with Crippen LogP contribution < -0.4 is 9.64 Å². The number of carbonyl (C=O) groups is 1. The number of benzene rings is 3. The molecular weight excluding hydrogens is 422 g/mol. The standard InChI is InChI=1S/C29H31N3O2/c1-19-12-13-20(2)26(16-19)32-18-23(17-27(32)33)29-30-24-10-5-6-11-25(24)31(29)14-15-34-28-21(3)8-7-9-22(28)4/h5-13,16,23H,14-15,17-18H2,1-4H3. The molecule has 174 valence electrons. The van der Waals surface area contributed by atoms with Crippen LogP contribution in [0.2, 0.25) is 0 Å². The fourth-order valence-electron chi connectivity index (χ4n) is 5.03. The van der Waals surface area contributed by atoms with E-state index in [1.54, 1.807) is 0 Å². The van der Waals surface area contributed by atoms with E-state index in [-0.39, 0.29) is 11.8 Å². The number of imidazole rings is 1. The number of nitrogens with zero attached hydrogens (tertiary/aromatic N) is 3. The van der Waals surface area contributed by atoms with Crippen LogP contribution in [0.15, 0.2) is 60.7 Å². The molecule has 0 saturated carbocycles. The predicted molar refractivity (Wildman–Crippen MR) is 137 cm³/mol. The quantitative estimate of drug-likeness (QED) is 0.367. The number of anilines is 1. The Kier molecular flexibility index (Phi) is 5.86. The molecule has 3 aromatic carbocycles. The third-order valence-corrected chi connectivity index (χ3v) is 6.80. The van der Waals surface area contributed by atoms with Crippen molar-refractivity contribution in [3.8, 4) is 5.75 Å². The van der Waals surface area contributed by atoms with Crippen LogP contribution >= 0.6 is 0 Å². The molecule has 5 nitrogen and oxygen atoms in total. The van der Waals surface area contributed by atoms with Crippen molar-refractivity contribution in [2.75, 3.05) is 18.1 Å². The number of rotatable bonds is 6. The highest BCUT2D eigenvalue weighted by Gasteiger charge is 2.35. The number of aryl methyl sites for hydroxylation is 4. The van der Waals surface area contributed by atoms with Crippen molar-refractivity contribution < 1.29 is 9.53 Å². The van der Waals surface area contributed by atoms with Crippen molar-refractivity contribution in [3.05, 3.63) is 88.7 Å². The van der Waals surface area contributed by atoms with E-state index in [1.807, 2.05) is 23.1 Å². The normalized spacial score (nSPS) is 15.9. The Bertz CT molecular complexity index is 1350. The van der Waals surface area contributed by atoms with Gasteiger partial charge in [0.05, 0.1) is 17.6 Å². The zero-order valence-corrected chi connectivity index (χ0v) is 20.3. The first-order valence-corrected chi connectivity index (χ1v) is 11.9. The smallest absolute Gasteiger partial charge is 0.227 e. The van der Waals surface area contributed by atoms with Gasteiger partial charge in [0.2, 0.25) is 5.91 Å². The van der Waals surface area contributed by atoms with E-state index in [9.17, 15) is 4.79 Å². The molecule has 1 fully saturated rings. The van der Waals surface area contributed by atoms with Crippen LogP contribution in [0, 0.1) is 27.7 Å². The summed E-state index contributed by atoms with van der Waals surface area (Å²) in [5.41, 5.74) is 7.61. The molecule has 0 N–H and O–H groups in total. The van der Waals surface area contributed by atoms with Crippen molar-refractivity contribution in [1.29, 1.82) is 0 Å². The lowest BCUT2D eigenvalue weighted by Crippen LogP contribution is -2.25. The van der Waals surface area contributed by atoms with Gasteiger partial charge in [-0.3, -0.25) is 4.79 Å². The van der Waals surface area contributed by atoms with Gasteiger partial charge in [-0.2, -0.15) is 0 Å². The molecule has 0 aliphatic carbocycles. The van der Waals surface area contributed by atoms with Gasteiger partial charge in [0.25, 0.3) is 0 Å². The van der Waals surface area contributed by atoms with Crippen LogP contribution in [0.3, 0.4) is 0 Å². The van der Waals surface area contributed by atoms with Gasteiger partial charge in [0.1, 0.15) is 18.2 Å². The van der Waals surface area contributed by atoms with Crippen LogP contribution in [-0.2, 0) is 11.3 Å². The molecule has 1 amide bonds. The number of ether oxygens (including phenoxy) is 1. The first-order valence-electron chi connectivity index (χ1n) is 11.9. The maximum absolute atomic E-state index is 13.1. The Morgan fingerprint density at radius 1 is 0.941 bits per heavy atom. The largest absolute Gasteiger partial charge is 0.491 e. The Balaban J connectivity index is 1.43.